The molecule has 0 aliphatic carbocycles. The fraction of sp³-hybridized carbons (Fsp3) is 0.278. The summed E-state index contributed by atoms with van der Waals surface area (Å²) in [6.07, 6.45) is 2.81. The molecule has 1 aliphatic heterocycles. The lowest BCUT2D eigenvalue weighted by Crippen LogP contribution is -2.13. The van der Waals surface area contributed by atoms with Gasteiger partial charge in [0.1, 0.15) is 5.82 Å². The predicted molar refractivity (Wildman–Crippen MR) is 90.2 cm³/mol. The molecule has 25 heavy (non-hydrogen) atoms. The van der Waals surface area contributed by atoms with Crippen LogP contribution in [0.25, 0.3) is 0 Å². The van der Waals surface area contributed by atoms with Crippen LogP contribution in [0, 0.1) is 0 Å². The third-order valence-electron chi connectivity index (χ3n) is 3.70. The summed E-state index contributed by atoms with van der Waals surface area (Å²) in [4.78, 5) is 27.1. The van der Waals surface area contributed by atoms with E-state index in [0.29, 0.717) is 42.5 Å². The van der Waals surface area contributed by atoms with E-state index < -0.39 is 5.97 Å². The number of ether oxygens (including phenoxy) is 2. The van der Waals surface area contributed by atoms with E-state index in [1.807, 2.05) is 0 Å². The maximum absolute atomic E-state index is 12.4. The second kappa shape index (κ2) is 7.65. The number of aryl methyl sites for hydroxylation is 1. The SMILES string of the molecule is O=C(O)CCc1ccc(NC(=O)c2ccc3c(c2)OCCCO3)nc1. The Morgan fingerprint density at radius 3 is 2.64 bits per heavy atom. The lowest BCUT2D eigenvalue weighted by molar-refractivity contribution is -0.136. The van der Waals surface area contributed by atoms with Crippen LogP contribution in [0.3, 0.4) is 0 Å². The first-order valence-corrected chi connectivity index (χ1v) is 7.99. The third kappa shape index (κ3) is 4.47. The summed E-state index contributed by atoms with van der Waals surface area (Å²) in [5, 5.41) is 11.4. The number of carbonyl (C=O) groups excluding carboxylic acids is 1. The van der Waals surface area contributed by atoms with Crippen molar-refractivity contribution in [1.82, 2.24) is 4.98 Å². The molecule has 0 atom stereocenters. The summed E-state index contributed by atoms with van der Waals surface area (Å²) in [6, 6.07) is 8.44. The Hall–Kier alpha value is -3.09. The zero-order valence-electron chi connectivity index (χ0n) is 13.5. The summed E-state index contributed by atoms with van der Waals surface area (Å²) in [5.74, 6) is 0.432. The molecule has 1 aromatic carbocycles. The largest absolute Gasteiger partial charge is 0.490 e. The van der Waals surface area contributed by atoms with E-state index in [4.69, 9.17) is 14.6 Å². The third-order valence-corrected chi connectivity index (χ3v) is 3.70. The van der Waals surface area contributed by atoms with Crippen LogP contribution in [-0.4, -0.2) is 35.2 Å². The molecule has 2 aromatic rings. The zero-order chi connectivity index (χ0) is 17.6. The molecular formula is C18H18N2O5. The van der Waals surface area contributed by atoms with Crippen LogP contribution in [0.2, 0.25) is 0 Å². The van der Waals surface area contributed by atoms with Crippen LogP contribution in [0.4, 0.5) is 5.82 Å². The number of carboxylic acids is 1. The number of rotatable bonds is 5. The molecule has 0 unspecified atom stereocenters. The highest BCUT2D eigenvalue weighted by Gasteiger charge is 2.14. The highest BCUT2D eigenvalue weighted by molar-refractivity contribution is 6.04. The van der Waals surface area contributed by atoms with E-state index in [0.717, 1.165) is 12.0 Å². The van der Waals surface area contributed by atoms with Gasteiger partial charge in [0.25, 0.3) is 5.91 Å². The van der Waals surface area contributed by atoms with Crippen molar-refractivity contribution < 1.29 is 24.2 Å². The summed E-state index contributed by atoms with van der Waals surface area (Å²) >= 11 is 0. The molecule has 0 fully saturated rings. The molecule has 1 aliphatic rings. The molecule has 2 heterocycles. The highest BCUT2D eigenvalue weighted by atomic mass is 16.5. The number of nitrogens with zero attached hydrogens (tertiary/aromatic N) is 1. The number of aliphatic carboxylic acids is 1. The van der Waals surface area contributed by atoms with Gasteiger partial charge in [-0.15, -0.1) is 0 Å². The van der Waals surface area contributed by atoms with Gasteiger partial charge in [0.05, 0.1) is 13.2 Å². The first-order chi connectivity index (χ1) is 12.1. The molecule has 7 heteroatoms. The first kappa shape index (κ1) is 16.8. The molecule has 0 radical (unpaired) electrons. The van der Waals surface area contributed by atoms with Gasteiger partial charge >= 0.3 is 5.97 Å². The average Bonchev–Trinajstić information content (AvgIpc) is 2.85. The fourth-order valence-corrected chi connectivity index (χ4v) is 2.39. The van der Waals surface area contributed by atoms with Crippen LogP contribution in [0.1, 0.15) is 28.8 Å². The maximum Gasteiger partial charge on any atom is 0.303 e. The van der Waals surface area contributed by atoms with Crippen molar-refractivity contribution in [3.63, 3.8) is 0 Å². The second-order valence-electron chi connectivity index (χ2n) is 5.61. The summed E-state index contributed by atoms with van der Waals surface area (Å²) in [7, 11) is 0. The van der Waals surface area contributed by atoms with E-state index in [9.17, 15) is 9.59 Å². The number of carbonyl (C=O) groups is 2. The van der Waals surface area contributed by atoms with E-state index in [-0.39, 0.29) is 12.3 Å². The fourth-order valence-electron chi connectivity index (χ4n) is 2.39. The van der Waals surface area contributed by atoms with Crippen molar-refractivity contribution in [1.29, 1.82) is 0 Å². The molecule has 1 aromatic heterocycles. The number of amides is 1. The molecule has 7 nitrogen and oxygen atoms in total. The molecule has 0 bridgehead atoms. The van der Waals surface area contributed by atoms with Gasteiger partial charge in [-0.3, -0.25) is 9.59 Å². The standard InChI is InChI=1S/C18H18N2O5/c21-17(22)7-3-12-2-6-16(19-11-12)20-18(23)13-4-5-14-15(10-13)25-9-1-8-24-14/h2,4-6,10-11H,1,3,7-9H2,(H,21,22)(H,19,20,23). The lowest BCUT2D eigenvalue weighted by Gasteiger charge is -2.10. The molecule has 130 valence electrons. The monoisotopic (exact) mass is 342 g/mol. The molecule has 2 N–H and O–H groups in total. The number of pyridine rings is 1. The van der Waals surface area contributed by atoms with Crippen LogP contribution < -0.4 is 14.8 Å². The van der Waals surface area contributed by atoms with Crippen molar-refractivity contribution in [2.24, 2.45) is 0 Å². The average molecular weight is 342 g/mol. The predicted octanol–water partition coefficient (Wildman–Crippen LogP) is 2.51. The number of hydrogen-bond acceptors (Lipinski definition) is 5. The highest BCUT2D eigenvalue weighted by Crippen LogP contribution is 2.30. The van der Waals surface area contributed by atoms with Gasteiger partial charge < -0.3 is 19.9 Å². The zero-order valence-corrected chi connectivity index (χ0v) is 13.5. The molecule has 1 amide bonds. The van der Waals surface area contributed by atoms with E-state index in [1.54, 1.807) is 36.5 Å². The maximum atomic E-state index is 12.4. The molecule has 0 saturated heterocycles. The summed E-state index contributed by atoms with van der Waals surface area (Å²) in [6.45, 7) is 1.15. The smallest absolute Gasteiger partial charge is 0.303 e. The molecule has 0 saturated carbocycles. The van der Waals surface area contributed by atoms with Crippen molar-refractivity contribution in [2.45, 2.75) is 19.3 Å². The number of nitrogens with one attached hydrogen (secondary N) is 1. The normalized spacial score (nSPS) is 13.0. The number of aromatic nitrogens is 1. The molecular weight excluding hydrogens is 324 g/mol. The quantitative estimate of drug-likeness (QED) is 0.866. The summed E-state index contributed by atoms with van der Waals surface area (Å²) in [5.41, 5.74) is 1.25. The summed E-state index contributed by atoms with van der Waals surface area (Å²) < 4.78 is 11.1. The Morgan fingerprint density at radius 2 is 1.92 bits per heavy atom. The van der Waals surface area contributed by atoms with Crippen molar-refractivity contribution in [2.75, 3.05) is 18.5 Å². The van der Waals surface area contributed by atoms with Gasteiger partial charge in [0.2, 0.25) is 0 Å². The molecule has 3 rings (SSSR count). The minimum Gasteiger partial charge on any atom is -0.490 e. The van der Waals surface area contributed by atoms with Crippen molar-refractivity contribution in [3.8, 4) is 11.5 Å². The van der Waals surface area contributed by atoms with Gasteiger partial charge in [-0.2, -0.15) is 0 Å². The minimum atomic E-state index is -0.855. The van der Waals surface area contributed by atoms with Crippen LogP contribution >= 0.6 is 0 Å². The number of fused-ring (bicyclic) bond motifs is 1. The number of benzene rings is 1. The number of anilines is 1. The first-order valence-electron chi connectivity index (χ1n) is 7.99. The Bertz CT molecular complexity index is 774. The Morgan fingerprint density at radius 1 is 1.12 bits per heavy atom. The topological polar surface area (TPSA) is 97.8 Å². The van der Waals surface area contributed by atoms with E-state index in [2.05, 4.69) is 10.3 Å². The van der Waals surface area contributed by atoms with Crippen molar-refractivity contribution >= 4 is 17.7 Å². The van der Waals surface area contributed by atoms with Crippen molar-refractivity contribution in [3.05, 3.63) is 47.7 Å². The Labute approximate surface area is 144 Å². The Balaban J connectivity index is 1.65. The number of hydrogen-bond donors (Lipinski definition) is 2. The van der Waals surface area contributed by atoms with Crippen LogP contribution in [0.5, 0.6) is 11.5 Å². The van der Waals surface area contributed by atoms with Gasteiger partial charge in [-0.25, -0.2) is 4.98 Å². The number of carboxylic acid groups (broad SMARTS) is 1. The van der Waals surface area contributed by atoms with E-state index >= 15 is 0 Å². The van der Waals surface area contributed by atoms with E-state index in [1.165, 1.54) is 0 Å². The molecule has 0 spiro atoms. The van der Waals surface area contributed by atoms with Gasteiger partial charge in [-0.05, 0) is 36.2 Å². The Kier molecular flexibility index (Phi) is 5.13. The minimum absolute atomic E-state index is 0.0462. The van der Waals surface area contributed by atoms with Gasteiger partial charge in [0.15, 0.2) is 11.5 Å². The van der Waals surface area contributed by atoms with Gasteiger partial charge in [-0.1, -0.05) is 6.07 Å². The lowest BCUT2D eigenvalue weighted by atomic mass is 10.1. The van der Waals surface area contributed by atoms with Crippen LogP contribution in [-0.2, 0) is 11.2 Å². The van der Waals surface area contributed by atoms with Crippen LogP contribution in [0.15, 0.2) is 36.5 Å². The van der Waals surface area contributed by atoms with Gasteiger partial charge in [0, 0.05) is 24.6 Å². The second-order valence-corrected chi connectivity index (χ2v) is 5.61.